The van der Waals surface area contributed by atoms with Crippen molar-refractivity contribution in [2.45, 2.75) is 25.9 Å². The minimum atomic E-state index is 0.302. The molecule has 1 unspecified atom stereocenters. The standard InChI is InChI=1S/C14H19ClN4O2/c1-9(16-2)6-13-18-14(21-19-13)8-17-11-7-10(15)4-5-12(11)20-3/h4-5,7,9,16-17H,6,8H2,1-3H3. The lowest BCUT2D eigenvalue weighted by atomic mass is 10.2. The summed E-state index contributed by atoms with van der Waals surface area (Å²) in [6, 6.07) is 5.67. The highest BCUT2D eigenvalue weighted by Crippen LogP contribution is 2.27. The van der Waals surface area contributed by atoms with Crippen LogP contribution in [0.1, 0.15) is 18.6 Å². The van der Waals surface area contributed by atoms with Crippen LogP contribution in [0.3, 0.4) is 0 Å². The monoisotopic (exact) mass is 310 g/mol. The lowest BCUT2D eigenvalue weighted by molar-refractivity contribution is 0.375. The van der Waals surface area contributed by atoms with Gasteiger partial charge in [0.15, 0.2) is 5.82 Å². The van der Waals surface area contributed by atoms with Gasteiger partial charge in [0.05, 0.1) is 19.3 Å². The first-order valence-electron chi connectivity index (χ1n) is 6.68. The van der Waals surface area contributed by atoms with Gasteiger partial charge in [0.25, 0.3) is 0 Å². The van der Waals surface area contributed by atoms with E-state index >= 15 is 0 Å². The summed E-state index contributed by atoms with van der Waals surface area (Å²) >= 11 is 5.98. The SMILES string of the molecule is CNC(C)Cc1noc(CNc2cc(Cl)ccc2OC)n1. The minimum Gasteiger partial charge on any atom is -0.495 e. The summed E-state index contributed by atoms with van der Waals surface area (Å²) < 4.78 is 10.5. The summed E-state index contributed by atoms with van der Waals surface area (Å²) in [4.78, 5) is 4.34. The van der Waals surface area contributed by atoms with Gasteiger partial charge in [-0.3, -0.25) is 0 Å². The predicted octanol–water partition coefficient (Wildman–Crippen LogP) is 2.49. The smallest absolute Gasteiger partial charge is 0.245 e. The summed E-state index contributed by atoms with van der Waals surface area (Å²) in [6.07, 6.45) is 0.723. The van der Waals surface area contributed by atoms with Gasteiger partial charge in [-0.05, 0) is 32.2 Å². The number of methoxy groups -OCH3 is 1. The molecule has 1 heterocycles. The quantitative estimate of drug-likeness (QED) is 0.818. The largest absolute Gasteiger partial charge is 0.495 e. The normalized spacial score (nSPS) is 12.2. The Bertz CT molecular complexity index is 588. The Balaban J connectivity index is 1.98. The Morgan fingerprint density at radius 1 is 1.43 bits per heavy atom. The van der Waals surface area contributed by atoms with E-state index in [0.29, 0.717) is 35.1 Å². The molecule has 2 rings (SSSR count). The third-order valence-electron chi connectivity index (χ3n) is 3.08. The molecule has 21 heavy (non-hydrogen) atoms. The molecular weight excluding hydrogens is 292 g/mol. The fourth-order valence-corrected chi connectivity index (χ4v) is 1.98. The van der Waals surface area contributed by atoms with Crippen molar-refractivity contribution >= 4 is 17.3 Å². The summed E-state index contributed by atoms with van der Waals surface area (Å²) in [7, 11) is 3.51. The van der Waals surface area contributed by atoms with Gasteiger partial charge in [0.2, 0.25) is 5.89 Å². The van der Waals surface area contributed by atoms with Gasteiger partial charge >= 0.3 is 0 Å². The average molecular weight is 311 g/mol. The van der Waals surface area contributed by atoms with Gasteiger partial charge in [-0.1, -0.05) is 16.8 Å². The molecule has 7 heteroatoms. The first kappa shape index (κ1) is 15.6. The Hall–Kier alpha value is -1.79. The third-order valence-corrected chi connectivity index (χ3v) is 3.32. The molecule has 0 aliphatic carbocycles. The van der Waals surface area contributed by atoms with E-state index in [0.717, 1.165) is 12.1 Å². The number of benzene rings is 1. The number of hydrogen-bond donors (Lipinski definition) is 2. The van der Waals surface area contributed by atoms with Crippen molar-refractivity contribution in [2.75, 3.05) is 19.5 Å². The number of rotatable bonds is 7. The number of hydrogen-bond acceptors (Lipinski definition) is 6. The van der Waals surface area contributed by atoms with Crippen molar-refractivity contribution in [1.82, 2.24) is 15.5 Å². The second-order valence-electron chi connectivity index (χ2n) is 4.70. The van der Waals surface area contributed by atoms with E-state index in [1.54, 1.807) is 25.3 Å². The van der Waals surface area contributed by atoms with Crippen molar-refractivity contribution in [1.29, 1.82) is 0 Å². The van der Waals surface area contributed by atoms with E-state index in [4.69, 9.17) is 20.9 Å². The van der Waals surface area contributed by atoms with Crippen LogP contribution in [0.15, 0.2) is 22.7 Å². The topological polar surface area (TPSA) is 72.2 Å². The number of nitrogens with one attached hydrogen (secondary N) is 2. The molecule has 0 radical (unpaired) electrons. The highest BCUT2D eigenvalue weighted by atomic mass is 35.5. The lowest BCUT2D eigenvalue weighted by Gasteiger charge is -2.09. The fourth-order valence-electron chi connectivity index (χ4n) is 1.81. The van der Waals surface area contributed by atoms with Crippen LogP contribution in [0.5, 0.6) is 5.75 Å². The van der Waals surface area contributed by atoms with Gasteiger partial charge < -0.3 is 19.9 Å². The van der Waals surface area contributed by atoms with E-state index in [9.17, 15) is 0 Å². The van der Waals surface area contributed by atoms with Crippen LogP contribution < -0.4 is 15.4 Å². The van der Waals surface area contributed by atoms with E-state index in [1.165, 1.54) is 0 Å². The molecule has 2 N–H and O–H groups in total. The summed E-state index contributed by atoms with van der Waals surface area (Å²) in [5.74, 6) is 1.92. The van der Waals surface area contributed by atoms with Crippen LogP contribution in [0.2, 0.25) is 5.02 Å². The van der Waals surface area contributed by atoms with Crippen molar-refractivity contribution < 1.29 is 9.26 Å². The number of ether oxygens (including phenoxy) is 1. The maximum absolute atomic E-state index is 5.98. The Kier molecular flexibility index (Phi) is 5.41. The number of nitrogens with zero attached hydrogens (tertiary/aromatic N) is 2. The van der Waals surface area contributed by atoms with E-state index in [1.807, 2.05) is 7.05 Å². The summed E-state index contributed by atoms with van der Waals surface area (Å²) in [5.41, 5.74) is 0.786. The predicted molar refractivity (Wildman–Crippen MR) is 81.9 cm³/mol. The zero-order valence-corrected chi connectivity index (χ0v) is 13.1. The molecular formula is C14H19ClN4O2. The van der Waals surface area contributed by atoms with E-state index in [-0.39, 0.29) is 0 Å². The lowest BCUT2D eigenvalue weighted by Crippen LogP contribution is -2.24. The minimum absolute atomic E-state index is 0.302. The van der Waals surface area contributed by atoms with Gasteiger partial charge in [-0.2, -0.15) is 4.98 Å². The Labute approximate surface area is 128 Å². The first-order valence-corrected chi connectivity index (χ1v) is 7.06. The average Bonchev–Trinajstić information content (AvgIpc) is 2.92. The van der Waals surface area contributed by atoms with E-state index in [2.05, 4.69) is 27.7 Å². The maximum Gasteiger partial charge on any atom is 0.245 e. The summed E-state index contributed by atoms with van der Waals surface area (Å²) in [5, 5.41) is 10.9. The molecule has 114 valence electrons. The van der Waals surface area contributed by atoms with Crippen molar-refractivity contribution in [3.8, 4) is 5.75 Å². The Morgan fingerprint density at radius 2 is 2.24 bits per heavy atom. The highest BCUT2D eigenvalue weighted by molar-refractivity contribution is 6.30. The van der Waals surface area contributed by atoms with Crippen LogP contribution in [-0.4, -0.2) is 30.3 Å². The molecule has 0 aliphatic heterocycles. The van der Waals surface area contributed by atoms with Crippen molar-refractivity contribution in [2.24, 2.45) is 0 Å². The molecule has 0 bridgehead atoms. The molecule has 0 amide bonds. The highest BCUT2D eigenvalue weighted by Gasteiger charge is 2.10. The number of anilines is 1. The molecule has 2 aromatic rings. The van der Waals surface area contributed by atoms with Crippen LogP contribution in [0.4, 0.5) is 5.69 Å². The number of halogens is 1. The molecule has 0 saturated heterocycles. The van der Waals surface area contributed by atoms with Gasteiger partial charge in [0.1, 0.15) is 5.75 Å². The second kappa shape index (κ2) is 7.28. The van der Waals surface area contributed by atoms with E-state index < -0.39 is 0 Å². The molecule has 6 nitrogen and oxygen atoms in total. The van der Waals surface area contributed by atoms with Gasteiger partial charge in [-0.15, -0.1) is 0 Å². The molecule has 0 saturated carbocycles. The van der Waals surface area contributed by atoms with Crippen LogP contribution in [0, 0.1) is 0 Å². The van der Waals surface area contributed by atoms with Crippen molar-refractivity contribution in [3.05, 3.63) is 34.9 Å². The number of aromatic nitrogens is 2. The van der Waals surface area contributed by atoms with Crippen LogP contribution in [-0.2, 0) is 13.0 Å². The molecule has 0 spiro atoms. The molecule has 0 fully saturated rings. The Morgan fingerprint density at radius 3 is 2.95 bits per heavy atom. The first-order chi connectivity index (χ1) is 10.1. The maximum atomic E-state index is 5.98. The summed E-state index contributed by atoms with van der Waals surface area (Å²) in [6.45, 7) is 2.47. The molecule has 1 aromatic carbocycles. The molecule has 0 aliphatic rings. The van der Waals surface area contributed by atoms with Crippen LogP contribution in [0.25, 0.3) is 0 Å². The molecule has 1 atom stereocenters. The van der Waals surface area contributed by atoms with Gasteiger partial charge in [0, 0.05) is 17.5 Å². The zero-order valence-electron chi connectivity index (χ0n) is 12.3. The van der Waals surface area contributed by atoms with Gasteiger partial charge in [-0.25, -0.2) is 0 Å². The zero-order chi connectivity index (χ0) is 15.2. The molecule has 1 aromatic heterocycles. The third kappa shape index (κ3) is 4.34. The van der Waals surface area contributed by atoms with Crippen LogP contribution >= 0.6 is 11.6 Å². The number of likely N-dealkylation sites (N-methyl/N-ethyl adjacent to an activating group) is 1. The van der Waals surface area contributed by atoms with Crippen molar-refractivity contribution in [3.63, 3.8) is 0 Å². The second-order valence-corrected chi connectivity index (χ2v) is 5.13. The fraction of sp³-hybridized carbons (Fsp3) is 0.429.